The van der Waals surface area contributed by atoms with E-state index in [1.807, 2.05) is 164 Å². The monoisotopic (exact) mass is 1530 g/mol. The summed E-state index contributed by atoms with van der Waals surface area (Å²) in [6.45, 7) is 0. The fourth-order valence-electron chi connectivity index (χ4n) is 15.0. The van der Waals surface area contributed by atoms with Crippen molar-refractivity contribution in [3.8, 4) is 203 Å². The molecule has 0 aliphatic heterocycles. The highest BCUT2D eigenvalue weighted by Gasteiger charge is 2.20. The van der Waals surface area contributed by atoms with E-state index in [9.17, 15) is 0 Å². The lowest BCUT2D eigenvalue weighted by atomic mass is 9.94. The van der Waals surface area contributed by atoms with E-state index in [2.05, 4.69) is 285 Å². The molecule has 10 heteroatoms. The molecular weight excluding hydrogens is 1460 g/mol. The predicted molar refractivity (Wildman–Crippen MR) is 489 cm³/mol. The molecule has 0 atom stereocenters. The molecular formula is C110H74N10. The Balaban J connectivity index is 0.000000159. The highest BCUT2D eigenvalue weighted by molar-refractivity contribution is 5.87. The second kappa shape index (κ2) is 34.4. The maximum absolute atomic E-state index is 5.10. The summed E-state index contributed by atoms with van der Waals surface area (Å²) in [5.74, 6) is 5.12. The summed E-state index contributed by atoms with van der Waals surface area (Å²) in [5, 5.41) is 0. The molecule has 0 N–H and O–H groups in total. The largest absolute Gasteiger partial charge is 0.228 e. The van der Waals surface area contributed by atoms with Gasteiger partial charge in [-0.2, -0.15) is 0 Å². The van der Waals surface area contributed by atoms with Gasteiger partial charge in [0.1, 0.15) is 0 Å². The van der Waals surface area contributed by atoms with Crippen molar-refractivity contribution in [2.75, 3.05) is 0 Å². The van der Waals surface area contributed by atoms with Crippen LogP contribution in [0.4, 0.5) is 0 Å². The molecule has 0 radical (unpaired) electrons. The number of hydrogen-bond acceptors (Lipinski definition) is 10. The van der Waals surface area contributed by atoms with Gasteiger partial charge in [0, 0.05) is 66.8 Å². The molecule has 0 bridgehead atoms. The number of hydrogen-bond donors (Lipinski definition) is 0. The van der Waals surface area contributed by atoms with Crippen molar-refractivity contribution in [2.24, 2.45) is 0 Å². The third-order valence-electron chi connectivity index (χ3n) is 21.2. The van der Waals surface area contributed by atoms with Gasteiger partial charge in [0.05, 0.1) is 22.8 Å². The van der Waals surface area contributed by atoms with E-state index in [-0.39, 0.29) is 0 Å². The van der Waals surface area contributed by atoms with Gasteiger partial charge < -0.3 is 0 Å². The first-order valence-electron chi connectivity index (χ1n) is 40.0. The summed E-state index contributed by atoms with van der Waals surface area (Å²) < 4.78 is 0. The third kappa shape index (κ3) is 16.5. The van der Waals surface area contributed by atoms with Crippen LogP contribution in [0.3, 0.4) is 0 Å². The van der Waals surface area contributed by atoms with Crippen molar-refractivity contribution in [3.05, 3.63) is 449 Å². The number of rotatable bonds is 18. The predicted octanol–water partition coefficient (Wildman–Crippen LogP) is 27.3. The van der Waals surface area contributed by atoms with Gasteiger partial charge in [0.15, 0.2) is 46.6 Å². The van der Waals surface area contributed by atoms with Crippen LogP contribution in [-0.2, 0) is 0 Å². The van der Waals surface area contributed by atoms with Crippen LogP contribution in [0.5, 0.6) is 0 Å². The number of aromatic nitrogens is 10. The van der Waals surface area contributed by atoms with Crippen LogP contribution in [0.15, 0.2) is 449 Å². The molecule has 10 nitrogen and oxygen atoms in total. The fourth-order valence-corrected chi connectivity index (χ4v) is 15.0. The molecule has 0 aliphatic rings. The highest BCUT2D eigenvalue weighted by atomic mass is 15.0. The van der Waals surface area contributed by atoms with Crippen molar-refractivity contribution >= 4 is 0 Å². The molecule has 0 amide bonds. The second-order valence-corrected chi connectivity index (χ2v) is 29.0. The molecule has 0 spiro atoms. The van der Waals surface area contributed by atoms with Crippen LogP contribution in [-0.4, -0.2) is 49.8 Å². The lowest BCUT2D eigenvalue weighted by molar-refractivity contribution is 1.07. The lowest BCUT2D eigenvalue weighted by Crippen LogP contribution is -2.00. The van der Waals surface area contributed by atoms with E-state index < -0.39 is 0 Å². The molecule has 20 aromatic rings. The van der Waals surface area contributed by atoms with Gasteiger partial charge in [-0.3, -0.25) is 0 Å². The first kappa shape index (κ1) is 73.8. The average molecular weight is 1540 g/mol. The summed E-state index contributed by atoms with van der Waals surface area (Å²) in [5.41, 5.74) is 28.7. The van der Waals surface area contributed by atoms with E-state index in [1.54, 1.807) is 0 Å². The molecule has 20 rings (SSSR count). The van der Waals surface area contributed by atoms with Crippen molar-refractivity contribution in [1.82, 2.24) is 49.8 Å². The normalized spacial score (nSPS) is 11.0. The van der Waals surface area contributed by atoms with Gasteiger partial charge in [-0.15, -0.1) is 0 Å². The summed E-state index contributed by atoms with van der Waals surface area (Å²) in [7, 11) is 0. The molecule has 0 aliphatic carbocycles. The van der Waals surface area contributed by atoms with Gasteiger partial charge >= 0.3 is 0 Å². The second-order valence-electron chi connectivity index (χ2n) is 29.0. The molecule has 120 heavy (non-hydrogen) atoms. The van der Waals surface area contributed by atoms with Crippen molar-refractivity contribution in [2.45, 2.75) is 0 Å². The Morgan fingerprint density at radius 2 is 0.250 bits per heavy atom. The smallest absolute Gasteiger partial charge is 0.164 e. The number of nitrogens with zero attached hydrogens (tertiary/aromatic N) is 10. The standard InChI is InChI=1S/2C55H37N5/c1-5-16-39(17-6-1)48-26-13-14-27-49(48)40-30-34-42(35-31-40)51-37-50(56-52(57-51)43-18-7-2-8-19-43)41-32-28-38(29-33-41)46-24-15-25-47(36-46)55-59-53(44-20-9-3-10-21-44)58-54(60-55)45-22-11-4-12-23-45;1-5-16-39(17-6-1)48-26-13-14-27-49(48)40-30-34-45(35-31-40)54-58-53(44-22-11-4-12-23-44)59-55(60-54)47-25-15-24-46(36-47)38-28-32-42(33-29-38)51-37-50(41-18-7-2-8-19-41)56-52(57-51)43-20-9-3-10-21-43/h2*1-37H. The molecule has 4 heterocycles. The van der Waals surface area contributed by atoms with Crippen LogP contribution in [0, 0.1) is 0 Å². The molecule has 16 aromatic carbocycles. The first-order chi connectivity index (χ1) is 59.4. The van der Waals surface area contributed by atoms with Gasteiger partial charge in [-0.05, 0) is 91.0 Å². The van der Waals surface area contributed by atoms with Gasteiger partial charge in [-0.25, -0.2) is 49.8 Å². The SMILES string of the molecule is c1ccc(-c2cc(-c3ccc(-c4cccc(-c5nc(-c6ccccc6)nc(-c6ccc(-c7ccccc7-c7ccccc7)cc6)n5)c4)cc3)nc(-c3ccccc3)n2)cc1.c1ccc(-c2nc(-c3ccc(-c4cccc(-c5nc(-c6ccccc6)nc(-c6ccccc6)n5)c4)cc3)cc(-c3ccc(-c4ccccc4-c4ccccc4)cc3)n2)cc1. The van der Waals surface area contributed by atoms with E-state index in [0.717, 1.165) is 123 Å². The fraction of sp³-hybridized carbons (Fsp3) is 0. The van der Waals surface area contributed by atoms with Gasteiger partial charge in [-0.1, -0.05) is 425 Å². The van der Waals surface area contributed by atoms with E-state index in [0.29, 0.717) is 46.6 Å². The molecule has 0 unspecified atom stereocenters. The Labute approximate surface area is 697 Å². The topological polar surface area (TPSA) is 129 Å². The number of benzene rings is 16. The van der Waals surface area contributed by atoms with Crippen LogP contribution >= 0.6 is 0 Å². The summed E-state index contributed by atoms with van der Waals surface area (Å²) in [6, 6.07) is 154. The van der Waals surface area contributed by atoms with Gasteiger partial charge in [0.2, 0.25) is 0 Å². The third-order valence-corrected chi connectivity index (χ3v) is 21.2. The van der Waals surface area contributed by atoms with E-state index in [4.69, 9.17) is 49.8 Å². The quantitative estimate of drug-likeness (QED) is 0.0819. The molecule has 0 saturated carbocycles. The van der Waals surface area contributed by atoms with Crippen LogP contribution in [0.2, 0.25) is 0 Å². The Morgan fingerprint density at radius 3 is 0.517 bits per heavy atom. The van der Waals surface area contributed by atoms with Crippen LogP contribution < -0.4 is 0 Å². The summed E-state index contributed by atoms with van der Waals surface area (Å²) >= 11 is 0. The Bertz CT molecular complexity index is 6820. The van der Waals surface area contributed by atoms with Crippen LogP contribution in [0.1, 0.15) is 0 Å². The minimum Gasteiger partial charge on any atom is -0.228 e. The maximum atomic E-state index is 5.10. The minimum atomic E-state index is 0.610. The maximum Gasteiger partial charge on any atom is 0.164 e. The van der Waals surface area contributed by atoms with Crippen LogP contribution in [0.25, 0.3) is 203 Å². The zero-order valence-corrected chi connectivity index (χ0v) is 65.2. The van der Waals surface area contributed by atoms with E-state index in [1.165, 1.54) is 33.4 Å². The zero-order chi connectivity index (χ0) is 80.2. The van der Waals surface area contributed by atoms with Crippen molar-refractivity contribution in [3.63, 3.8) is 0 Å². The lowest BCUT2D eigenvalue weighted by Gasteiger charge is -2.12. The molecule has 0 fully saturated rings. The average Bonchev–Trinajstić information content (AvgIpc) is 0.805. The molecule has 564 valence electrons. The van der Waals surface area contributed by atoms with Crippen molar-refractivity contribution < 1.29 is 0 Å². The zero-order valence-electron chi connectivity index (χ0n) is 65.2. The Kier molecular flexibility index (Phi) is 21.2. The van der Waals surface area contributed by atoms with Crippen molar-refractivity contribution in [1.29, 1.82) is 0 Å². The Hall–Kier alpha value is -16.3. The highest BCUT2D eigenvalue weighted by Crippen LogP contribution is 2.39. The molecule has 0 saturated heterocycles. The first-order valence-corrected chi connectivity index (χ1v) is 40.0. The summed E-state index contributed by atoms with van der Waals surface area (Å²) in [6.07, 6.45) is 0. The van der Waals surface area contributed by atoms with Gasteiger partial charge in [0.25, 0.3) is 0 Å². The van der Waals surface area contributed by atoms with E-state index >= 15 is 0 Å². The minimum absolute atomic E-state index is 0.610. The molecule has 4 aromatic heterocycles. The Morgan fingerprint density at radius 1 is 0.0917 bits per heavy atom. The summed E-state index contributed by atoms with van der Waals surface area (Å²) in [4.78, 5) is 50.1.